The van der Waals surface area contributed by atoms with Crippen molar-refractivity contribution in [2.24, 2.45) is 0 Å². The molecule has 2 aliphatic rings. The van der Waals surface area contributed by atoms with E-state index in [0.29, 0.717) is 6.61 Å². The topological polar surface area (TPSA) is 33.7 Å². The number of hydrogen-bond donors (Lipinski definition) is 1. The molecule has 27 heavy (non-hydrogen) atoms. The molecule has 1 aliphatic heterocycles. The van der Waals surface area contributed by atoms with Crippen molar-refractivity contribution in [1.82, 2.24) is 10.2 Å². The first-order valence-corrected chi connectivity index (χ1v) is 10.9. The van der Waals surface area contributed by atoms with Crippen LogP contribution in [-0.4, -0.2) is 44.3 Å². The van der Waals surface area contributed by atoms with Gasteiger partial charge in [-0.05, 0) is 47.0 Å². The molecule has 0 bridgehead atoms. The van der Waals surface area contributed by atoms with Crippen molar-refractivity contribution >= 4 is 31.9 Å². The van der Waals surface area contributed by atoms with Gasteiger partial charge in [-0.2, -0.15) is 0 Å². The van der Waals surface area contributed by atoms with Crippen LogP contribution in [0.1, 0.15) is 22.7 Å². The monoisotopic (exact) mass is 494 g/mol. The lowest BCUT2D eigenvalue weighted by molar-refractivity contribution is -0.0188. The molecule has 6 heteroatoms. The molecule has 0 saturated carbocycles. The number of nitrogens with zero attached hydrogens (tertiary/aromatic N) is 1. The van der Waals surface area contributed by atoms with Crippen LogP contribution in [0.15, 0.2) is 45.3 Å². The van der Waals surface area contributed by atoms with Crippen LogP contribution < -0.4 is 10.1 Å². The average molecular weight is 496 g/mol. The summed E-state index contributed by atoms with van der Waals surface area (Å²) in [6, 6.07) is 13.0. The molecule has 1 saturated heterocycles. The lowest BCUT2D eigenvalue weighted by Gasteiger charge is -2.36. The number of hydrogen-bond acceptors (Lipinski definition) is 4. The third-order valence-electron chi connectivity index (χ3n) is 5.38. The molecule has 0 unspecified atom stereocenters. The highest BCUT2D eigenvalue weighted by atomic mass is 79.9. The zero-order valence-electron chi connectivity index (χ0n) is 15.4. The quantitative estimate of drug-likeness (QED) is 0.670. The van der Waals surface area contributed by atoms with Crippen LogP contribution in [0.3, 0.4) is 0 Å². The molecular weight excluding hydrogens is 472 g/mol. The molecule has 0 spiro atoms. The summed E-state index contributed by atoms with van der Waals surface area (Å²) in [6.45, 7) is 4.76. The van der Waals surface area contributed by atoms with Crippen LogP contribution in [0.25, 0.3) is 0 Å². The van der Waals surface area contributed by atoms with Gasteiger partial charge < -0.3 is 14.8 Å². The number of benzene rings is 2. The second-order valence-corrected chi connectivity index (χ2v) is 8.96. The van der Waals surface area contributed by atoms with Gasteiger partial charge in [-0.3, -0.25) is 4.90 Å². The molecule has 1 heterocycles. The van der Waals surface area contributed by atoms with Crippen molar-refractivity contribution in [1.29, 1.82) is 0 Å². The first kappa shape index (κ1) is 19.4. The average Bonchev–Trinajstić information content (AvgIpc) is 3.03. The normalized spacial score (nSPS) is 22.6. The first-order valence-electron chi connectivity index (χ1n) is 9.32. The minimum Gasteiger partial charge on any atom is -0.497 e. The van der Waals surface area contributed by atoms with Gasteiger partial charge in [0.2, 0.25) is 0 Å². The maximum Gasteiger partial charge on any atom is 0.119 e. The van der Waals surface area contributed by atoms with Gasteiger partial charge in [-0.1, -0.05) is 37.9 Å². The van der Waals surface area contributed by atoms with Crippen LogP contribution in [0.4, 0.5) is 0 Å². The summed E-state index contributed by atoms with van der Waals surface area (Å²) in [5, 5.41) is 3.45. The Bertz CT molecular complexity index is 789. The van der Waals surface area contributed by atoms with E-state index < -0.39 is 0 Å². The fraction of sp³-hybridized carbons (Fsp3) is 0.429. The largest absolute Gasteiger partial charge is 0.497 e. The maximum atomic E-state index is 6.48. The van der Waals surface area contributed by atoms with E-state index in [2.05, 4.69) is 72.4 Å². The Hall–Kier alpha value is -0.920. The van der Waals surface area contributed by atoms with Crippen molar-refractivity contribution in [3.05, 3.63) is 62.0 Å². The summed E-state index contributed by atoms with van der Waals surface area (Å²) < 4.78 is 14.1. The summed E-state index contributed by atoms with van der Waals surface area (Å²) in [5.74, 6) is 0.922. The van der Waals surface area contributed by atoms with Crippen molar-refractivity contribution in [2.75, 3.05) is 33.3 Å². The van der Waals surface area contributed by atoms with Crippen LogP contribution in [-0.2, 0) is 17.8 Å². The molecule has 2 atom stereocenters. The second-order valence-electron chi connectivity index (χ2n) is 7.13. The van der Waals surface area contributed by atoms with Gasteiger partial charge in [0, 0.05) is 41.5 Å². The Labute approximate surface area is 177 Å². The van der Waals surface area contributed by atoms with Crippen LogP contribution in [0, 0.1) is 0 Å². The number of fused-ring (bicyclic) bond motifs is 1. The van der Waals surface area contributed by atoms with Gasteiger partial charge in [0.05, 0.1) is 25.9 Å². The molecule has 2 aromatic carbocycles. The van der Waals surface area contributed by atoms with Crippen molar-refractivity contribution in [2.45, 2.75) is 25.2 Å². The second kappa shape index (κ2) is 8.62. The molecule has 4 nitrogen and oxygen atoms in total. The molecule has 1 aliphatic carbocycles. The van der Waals surface area contributed by atoms with E-state index in [1.54, 1.807) is 7.11 Å². The molecule has 1 fully saturated rings. The zero-order valence-corrected chi connectivity index (χ0v) is 18.6. The van der Waals surface area contributed by atoms with Gasteiger partial charge in [-0.15, -0.1) is 0 Å². The van der Waals surface area contributed by atoms with Gasteiger partial charge in [0.15, 0.2) is 0 Å². The summed E-state index contributed by atoms with van der Waals surface area (Å²) in [4.78, 5) is 2.56. The first-order chi connectivity index (χ1) is 13.1. The highest BCUT2D eigenvalue weighted by molar-refractivity contribution is 9.11. The molecule has 1 N–H and O–H groups in total. The van der Waals surface area contributed by atoms with E-state index in [-0.39, 0.29) is 12.1 Å². The third kappa shape index (κ3) is 4.40. The highest BCUT2D eigenvalue weighted by Gasteiger charge is 2.38. The van der Waals surface area contributed by atoms with Gasteiger partial charge in [0.1, 0.15) is 5.75 Å². The zero-order chi connectivity index (χ0) is 18.8. The Kier molecular flexibility index (Phi) is 6.19. The van der Waals surface area contributed by atoms with Crippen molar-refractivity contribution in [3.8, 4) is 5.75 Å². The van der Waals surface area contributed by atoms with E-state index in [0.717, 1.165) is 47.3 Å². The Balaban J connectivity index is 1.56. The minimum atomic E-state index is 0.156. The van der Waals surface area contributed by atoms with Crippen molar-refractivity contribution in [3.63, 3.8) is 0 Å². The summed E-state index contributed by atoms with van der Waals surface area (Å²) in [6.07, 6.45) is 1.10. The number of methoxy groups -OCH3 is 1. The van der Waals surface area contributed by atoms with E-state index in [9.17, 15) is 0 Å². The summed E-state index contributed by atoms with van der Waals surface area (Å²) >= 11 is 7.13. The van der Waals surface area contributed by atoms with Crippen molar-refractivity contribution < 1.29 is 9.47 Å². The van der Waals surface area contributed by atoms with Gasteiger partial charge >= 0.3 is 0 Å². The molecular formula is C21H24Br2N2O2. The maximum absolute atomic E-state index is 6.48. The number of rotatable bonds is 5. The fourth-order valence-corrected chi connectivity index (χ4v) is 5.52. The van der Waals surface area contributed by atoms with E-state index in [4.69, 9.17) is 9.47 Å². The molecule has 144 valence electrons. The predicted octanol–water partition coefficient (Wildman–Crippen LogP) is 4.31. The number of piperazine rings is 1. The van der Waals surface area contributed by atoms with E-state index in [1.165, 1.54) is 16.7 Å². The van der Waals surface area contributed by atoms with Crippen LogP contribution >= 0.6 is 31.9 Å². The Morgan fingerprint density at radius 2 is 1.81 bits per heavy atom. The fourth-order valence-electron chi connectivity index (χ4n) is 4.13. The lowest BCUT2D eigenvalue weighted by atomic mass is 10.0. The van der Waals surface area contributed by atoms with E-state index in [1.807, 2.05) is 6.07 Å². The molecule has 4 rings (SSSR count). The Morgan fingerprint density at radius 3 is 2.52 bits per heavy atom. The highest BCUT2D eigenvalue weighted by Crippen LogP contribution is 2.40. The van der Waals surface area contributed by atoms with E-state index >= 15 is 0 Å². The van der Waals surface area contributed by atoms with Crippen LogP contribution in [0.2, 0.25) is 0 Å². The number of ether oxygens (including phenoxy) is 2. The number of halogens is 2. The Morgan fingerprint density at radius 1 is 1.07 bits per heavy atom. The summed E-state index contributed by atoms with van der Waals surface area (Å²) in [7, 11) is 1.73. The predicted molar refractivity (Wildman–Crippen MR) is 114 cm³/mol. The summed E-state index contributed by atoms with van der Waals surface area (Å²) in [5.41, 5.74) is 3.90. The standard InChI is InChI=1S/C21H24Br2N2O2/c1-26-18-3-2-15-10-20(27-13-14-8-16(22)11-17(23)9-14)21(19(15)12-18)25-6-4-24-5-7-25/h2-3,8-9,11-12,20-21,24H,4-7,10,13H2,1H3/t20-,21-/m1/s1. The smallest absolute Gasteiger partial charge is 0.119 e. The molecule has 0 aromatic heterocycles. The third-order valence-corrected chi connectivity index (χ3v) is 6.29. The lowest BCUT2D eigenvalue weighted by Crippen LogP contribution is -2.47. The van der Waals surface area contributed by atoms with Gasteiger partial charge in [0.25, 0.3) is 0 Å². The number of nitrogens with one attached hydrogen (secondary N) is 1. The molecule has 0 amide bonds. The van der Waals surface area contributed by atoms with Gasteiger partial charge in [-0.25, -0.2) is 0 Å². The molecule has 0 radical (unpaired) electrons. The SMILES string of the molecule is COc1ccc2c(c1)[C@@H](N1CCNCC1)[C@H](OCc1cc(Br)cc(Br)c1)C2. The minimum absolute atomic E-state index is 0.156. The molecule has 2 aromatic rings. The van der Waals surface area contributed by atoms with Crippen LogP contribution in [0.5, 0.6) is 5.75 Å².